The van der Waals surface area contributed by atoms with Gasteiger partial charge in [-0.05, 0) is 0 Å². The van der Waals surface area contributed by atoms with Gasteiger partial charge in [-0.1, -0.05) is 0 Å². The van der Waals surface area contributed by atoms with Crippen molar-refractivity contribution in [3.05, 3.63) is 0 Å². The fourth-order valence-corrected chi connectivity index (χ4v) is 0. The maximum absolute atomic E-state index is 9.56. The van der Waals surface area contributed by atoms with Crippen molar-refractivity contribution in [1.29, 1.82) is 0 Å². The van der Waals surface area contributed by atoms with Crippen LogP contribution in [0, 0.1) is 0 Å². The molecule has 0 fully saturated rings. The van der Waals surface area contributed by atoms with Crippen molar-refractivity contribution in [3.8, 4) is 0 Å². The minimum absolute atomic E-state index is 0. The van der Waals surface area contributed by atoms with Crippen molar-refractivity contribution in [2.45, 2.75) is 13.8 Å². The van der Waals surface area contributed by atoms with E-state index in [0.29, 0.717) is 13.8 Å². The molecule has 1 radical (unpaired) electrons. The molecule has 0 heterocycles. The van der Waals surface area contributed by atoms with E-state index in [1.165, 1.54) is 0 Å². The second-order valence-corrected chi connectivity index (χ2v) is 4.86. The normalized spacial score (nSPS) is 10.4. The van der Waals surface area contributed by atoms with Crippen molar-refractivity contribution in [1.82, 2.24) is 0 Å². The van der Waals surface area contributed by atoms with E-state index in [0.717, 1.165) is 0 Å². The molecule has 0 unspecified atom stereocenters. The van der Waals surface area contributed by atoms with Gasteiger partial charge in [0.05, 0.1) is 0 Å². The molecule has 0 aliphatic heterocycles. The zero-order valence-electron chi connectivity index (χ0n) is 7.42. The average Bonchev–Trinajstić information content (AvgIpc) is 1.83. The molecule has 8 nitrogen and oxygen atoms in total. The molecular weight excluding hydrogens is 299 g/mol. The standard InChI is InChI=1S/2C2H4O4S.Co/c2*1-2(3)7(4,5)6;/h2*1H3,(H,4,5,6);/q;;+2/p-2. The summed E-state index contributed by atoms with van der Waals surface area (Å²) in [5.74, 6) is 0. The van der Waals surface area contributed by atoms with Gasteiger partial charge in [-0.15, -0.1) is 0 Å². The van der Waals surface area contributed by atoms with E-state index in [9.17, 15) is 35.5 Å². The summed E-state index contributed by atoms with van der Waals surface area (Å²) in [6.07, 6.45) is 0. The van der Waals surface area contributed by atoms with Gasteiger partial charge in [-0.3, -0.25) is 9.59 Å². The fourth-order valence-electron chi connectivity index (χ4n) is 0. The number of rotatable bonds is 0. The van der Waals surface area contributed by atoms with Gasteiger partial charge in [-0.2, -0.15) is 0 Å². The number of hydrogen-bond acceptors (Lipinski definition) is 8. The second-order valence-electron chi connectivity index (χ2n) is 1.89. The molecule has 0 aromatic carbocycles. The third-order valence-electron chi connectivity index (χ3n) is 0.704. The molecule has 0 spiro atoms. The van der Waals surface area contributed by atoms with Crippen LogP contribution in [0.15, 0.2) is 0 Å². The molecule has 11 heteroatoms. The maximum atomic E-state index is 9.56. The Morgan fingerprint density at radius 2 is 0.867 bits per heavy atom. The van der Waals surface area contributed by atoms with Gasteiger partial charge in [0.1, 0.15) is 0 Å². The molecule has 0 rings (SSSR count). The van der Waals surface area contributed by atoms with E-state index in [-0.39, 0.29) is 16.8 Å². The molecule has 0 aromatic heterocycles. The van der Waals surface area contributed by atoms with E-state index in [2.05, 4.69) is 0 Å². The Bertz CT molecular complexity index is 376. The molecule has 0 saturated carbocycles. The van der Waals surface area contributed by atoms with Gasteiger partial charge < -0.3 is 9.11 Å². The van der Waals surface area contributed by atoms with Gasteiger partial charge in [0.2, 0.25) is 10.2 Å². The summed E-state index contributed by atoms with van der Waals surface area (Å²) in [6, 6.07) is 0. The van der Waals surface area contributed by atoms with E-state index < -0.39 is 30.5 Å². The van der Waals surface area contributed by atoms with Crippen LogP contribution in [-0.4, -0.2) is 36.2 Å². The summed E-state index contributed by atoms with van der Waals surface area (Å²) in [7, 11) is -9.26. The number of carbonyl (C=O) groups excluding carboxylic acids is 2. The smallest absolute Gasteiger partial charge is 0.742 e. The maximum Gasteiger partial charge on any atom is 2.00 e. The van der Waals surface area contributed by atoms with Crippen LogP contribution in [0.5, 0.6) is 0 Å². The fraction of sp³-hybridized carbons (Fsp3) is 0.500. The Balaban J connectivity index is -0.000000180. The van der Waals surface area contributed by atoms with Crippen molar-refractivity contribution in [3.63, 3.8) is 0 Å². The first kappa shape index (κ1) is 20.1. The van der Waals surface area contributed by atoms with Crippen LogP contribution in [0.3, 0.4) is 0 Å². The van der Waals surface area contributed by atoms with Crippen LogP contribution >= 0.6 is 0 Å². The van der Waals surface area contributed by atoms with E-state index in [1.807, 2.05) is 0 Å². The van der Waals surface area contributed by atoms with Crippen LogP contribution in [-0.2, 0) is 46.6 Å². The van der Waals surface area contributed by atoms with Crippen molar-refractivity contribution in [2.75, 3.05) is 0 Å². The van der Waals surface area contributed by atoms with Crippen LogP contribution in [0.4, 0.5) is 0 Å². The minimum Gasteiger partial charge on any atom is -0.742 e. The van der Waals surface area contributed by atoms with Crippen LogP contribution in [0.25, 0.3) is 0 Å². The van der Waals surface area contributed by atoms with Gasteiger partial charge >= 0.3 is 16.8 Å². The number of hydrogen-bond donors (Lipinski definition) is 0. The van der Waals surface area contributed by atoms with Crippen LogP contribution in [0.1, 0.15) is 13.8 Å². The second kappa shape index (κ2) is 7.03. The Labute approximate surface area is 96.7 Å². The molecule has 0 amide bonds. The molecular formula is C4H6CoO8S2. The summed E-state index contributed by atoms with van der Waals surface area (Å²) in [5.41, 5.74) is 0. The largest absolute Gasteiger partial charge is 2.00 e. The van der Waals surface area contributed by atoms with E-state index >= 15 is 0 Å². The minimum atomic E-state index is -4.63. The van der Waals surface area contributed by atoms with Crippen LogP contribution < -0.4 is 0 Å². The van der Waals surface area contributed by atoms with Gasteiger partial charge in [0.15, 0.2) is 20.2 Å². The van der Waals surface area contributed by atoms with E-state index in [1.54, 1.807) is 0 Å². The Morgan fingerprint density at radius 1 is 0.800 bits per heavy atom. The van der Waals surface area contributed by atoms with Crippen LogP contribution in [0.2, 0.25) is 0 Å². The zero-order chi connectivity index (χ0) is 12.2. The summed E-state index contributed by atoms with van der Waals surface area (Å²) >= 11 is 0. The first-order chi connectivity index (χ1) is 5.89. The molecule has 0 saturated heterocycles. The third-order valence-corrected chi connectivity index (χ3v) is 2.11. The Kier molecular flexibility index (Phi) is 9.43. The number of carbonyl (C=O) groups is 2. The molecule has 0 N–H and O–H groups in total. The van der Waals surface area contributed by atoms with Crippen molar-refractivity contribution in [2.24, 2.45) is 0 Å². The SMILES string of the molecule is CC(=O)S(=O)(=O)[O-].CC(=O)S(=O)(=O)[O-].[Co+2]. The predicted molar refractivity (Wildman–Crippen MR) is 40.8 cm³/mol. The molecule has 91 valence electrons. The quantitative estimate of drug-likeness (QED) is 0.473. The monoisotopic (exact) mass is 305 g/mol. The zero-order valence-corrected chi connectivity index (χ0v) is 10.1. The molecule has 15 heavy (non-hydrogen) atoms. The average molecular weight is 305 g/mol. The molecule has 0 aromatic rings. The first-order valence-corrected chi connectivity index (χ1v) is 5.63. The van der Waals surface area contributed by atoms with Gasteiger partial charge in [0.25, 0.3) is 0 Å². The molecule has 0 atom stereocenters. The molecule has 0 aliphatic carbocycles. The summed E-state index contributed by atoms with van der Waals surface area (Å²) in [4.78, 5) is 19.1. The summed E-state index contributed by atoms with van der Waals surface area (Å²) < 4.78 is 56.6. The third kappa shape index (κ3) is 13.7. The first-order valence-electron chi connectivity index (χ1n) is 2.82. The van der Waals surface area contributed by atoms with Crippen molar-refractivity contribution < 1.29 is 52.3 Å². The summed E-state index contributed by atoms with van der Waals surface area (Å²) in [6.45, 7) is 1.42. The summed E-state index contributed by atoms with van der Waals surface area (Å²) in [5, 5.41) is -2.68. The van der Waals surface area contributed by atoms with Gasteiger partial charge in [0, 0.05) is 13.8 Å². The predicted octanol–water partition coefficient (Wildman–Crippen LogP) is -1.85. The van der Waals surface area contributed by atoms with Crippen molar-refractivity contribution >= 4 is 30.5 Å². The molecule has 0 bridgehead atoms. The van der Waals surface area contributed by atoms with E-state index in [4.69, 9.17) is 0 Å². The Hall–Kier alpha value is -0.334. The van der Waals surface area contributed by atoms with Gasteiger partial charge in [-0.25, -0.2) is 16.8 Å². The topological polar surface area (TPSA) is 149 Å². The molecule has 0 aliphatic rings. The Morgan fingerprint density at radius 3 is 0.867 bits per heavy atom.